The molecule has 258 valence electrons. The number of carbonyl (C=O) groups excluding carboxylic acids is 2. The maximum absolute atomic E-state index is 12.5. The van der Waals surface area contributed by atoms with Gasteiger partial charge in [-0.2, -0.15) is 4.99 Å². The highest BCUT2D eigenvalue weighted by molar-refractivity contribution is 7.91. The number of hydrogen-bond donors (Lipinski definition) is 2. The van der Waals surface area contributed by atoms with E-state index < -0.39 is 31.6 Å². The van der Waals surface area contributed by atoms with Crippen LogP contribution >= 0.6 is 0 Å². The first-order chi connectivity index (χ1) is 21.4. The summed E-state index contributed by atoms with van der Waals surface area (Å²) in [6.45, 7) is 12.1. The second-order valence-corrected chi connectivity index (χ2v) is 15.7. The molecule has 2 aromatic carbocycles. The van der Waals surface area contributed by atoms with Crippen molar-refractivity contribution in [1.29, 1.82) is 0 Å². The molecule has 1 amide bonds. The van der Waals surface area contributed by atoms with Gasteiger partial charge >= 0.3 is 5.97 Å². The maximum Gasteiger partial charge on any atom is 0.338 e. The van der Waals surface area contributed by atoms with Crippen LogP contribution in [-0.4, -0.2) is 54.3 Å². The summed E-state index contributed by atoms with van der Waals surface area (Å²) in [4.78, 5) is 28.4. The van der Waals surface area contributed by atoms with E-state index in [-0.39, 0.29) is 28.3 Å². The van der Waals surface area contributed by atoms with Crippen molar-refractivity contribution in [2.75, 3.05) is 19.6 Å². The molecule has 0 aliphatic rings. The zero-order valence-electron chi connectivity index (χ0n) is 28.9. The van der Waals surface area contributed by atoms with Gasteiger partial charge in [-0.05, 0) is 71.9 Å². The third-order valence-corrected chi connectivity index (χ3v) is 10.1. The highest BCUT2D eigenvalue weighted by atomic mass is 32.2. The minimum Gasteiger partial charge on any atom is -0.465 e. The summed E-state index contributed by atoms with van der Waals surface area (Å²) in [6.07, 6.45) is 8.57. The third-order valence-electron chi connectivity index (χ3n) is 7.70. The van der Waals surface area contributed by atoms with Gasteiger partial charge < -0.3 is 16.2 Å². The van der Waals surface area contributed by atoms with Crippen molar-refractivity contribution in [1.82, 2.24) is 0 Å². The normalized spacial score (nSPS) is 12.8. The summed E-state index contributed by atoms with van der Waals surface area (Å²) in [5, 5.41) is 0. The average Bonchev–Trinajstić information content (AvgIpc) is 2.95. The Balaban J connectivity index is 0.000000462. The molecule has 2 unspecified atom stereocenters. The highest BCUT2D eigenvalue weighted by Gasteiger charge is 2.27. The molecule has 0 heterocycles. The molecule has 0 saturated heterocycles. The number of guanidine groups is 1. The Morgan fingerprint density at radius 3 is 1.43 bits per heavy atom. The van der Waals surface area contributed by atoms with Crippen LogP contribution in [0, 0.1) is 0 Å². The number of benzene rings is 2. The standard InChI is InChI=1S/C17H27N3O3S.C17H26O4S/c1-5-7-11(3)12-9-10-14(16(21)20-17(18)19)13(8-6-2)15(12)24(4,22)23;1-6-8-12(3)13-10-11-15(17(18)21-4)14(9-7-2)16(13)22(5,19)20/h9-11H,5-8H2,1-4H3,(H4,18,19,20,21);10-12H,6-9H2,1-5H3. The number of carbonyl (C=O) groups is 2. The van der Waals surface area contributed by atoms with Crippen LogP contribution in [0.25, 0.3) is 0 Å². The number of hydrogen-bond acceptors (Lipinski definition) is 7. The van der Waals surface area contributed by atoms with Crippen LogP contribution in [0.3, 0.4) is 0 Å². The van der Waals surface area contributed by atoms with Crippen LogP contribution in [0.2, 0.25) is 0 Å². The number of nitrogens with two attached hydrogens (primary N) is 2. The number of rotatable bonds is 14. The molecule has 12 heteroatoms. The molecule has 0 saturated carbocycles. The fraction of sp³-hybridized carbons (Fsp3) is 0.559. The maximum atomic E-state index is 12.5. The van der Waals surface area contributed by atoms with E-state index in [1.807, 2.05) is 27.7 Å². The predicted octanol–water partition coefficient (Wildman–Crippen LogP) is 6.09. The smallest absolute Gasteiger partial charge is 0.338 e. The summed E-state index contributed by atoms with van der Waals surface area (Å²) in [7, 11) is -5.61. The third kappa shape index (κ3) is 10.9. The molecule has 0 spiro atoms. The van der Waals surface area contributed by atoms with E-state index in [1.54, 1.807) is 24.3 Å². The lowest BCUT2D eigenvalue weighted by atomic mass is 9.91. The number of esters is 1. The fourth-order valence-electron chi connectivity index (χ4n) is 5.80. The minimum atomic E-state index is -3.50. The summed E-state index contributed by atoms with van der Waals surface area (Å²) in [6, 6.07) is 6.82. The van der Waals surface area contributed by atoms with E-state index in [2.05, 4.69) is 18.8 Å². The topological polar surface area (TPSA) is 176 Å². The van der Waals surface area contributed by atoms with Crippen molar-refractivity contribution in [3.05, 3.63) is 57.6 Å². The Kier molecular flexibility index (Phi) is 16.1. The lowest BCUT2D eigenvalue weighted by Crippen LogP contribution is -2.24. The van der Waals surface area contributed by atoms with Crippen LogP contribution in [0.1, 0.15) is 135 Å². The first kappa shape index (κ1) is 40.8. The summed E-state index contributed by atoms with van der Waals surface area (Å²) < 4.78 is 54.5. The highest BCUT2D eigenvalue weighted by Crippen LogP contribution is 2.34. The summed E-state index contributed by atoms with van der Waals surface area (Å²) in [5.41, 5.74) is 13.8. The van der Waals surface area contributed by atoms with Crippen LogP contribution in [0.4, 0.5) is 0 Å². The lowest BCUT2D eigenvalue weighted by molar-refractivity contribution is 0.0599. The van der Waals surface area contributed by atoms with E-state index in [9.17, 15) is 26.4 Å². The Morgan fingerprint density at radius 2 is 1.11 bits per heavy atom. The van der Waals surface area contributed by atoms with Crippen molar-refractivity contribution in [3.63, 3.8) is 0 Å². The SMILES string of the molecule is CCCc1c(C(=O)N=C(N)N)ccc(C(C)CCC)c1S(C)(=O)=O.CCCc1c(C(=O)OC)ccc(C(C)CCC)c1S(C)(=O)=O. The summed E-state index contributed by atoms with van der Waals surface area (Å²) >= 11 is 0. The van der Waals surface area contributed by atoms with Gasteiger partial charge in [-0.15, -0.1) is 0 Å². The first-order valence-electron chi connectivity index (χ1n) is 15.8. The van der Waals surface area contributed by atoms with Crippen LogP contribution in [0.5, 0.6) is 0 Å². The number of aliphatic imine (C=N–C) groups is 1. The molecular weight excluding hydrogens is 627 g/mol. The van der Waals surface area contributed by atoms with Crippen molar-refractivity contribution < 1.29 is 31.2 Å². The number of amides is 1. The van der Waals surface area contributed by atoms with E-state index in [0.29, 0.717) is 40.8 Å². The zero-order chi connectivity index (χ0) is 35.4. The Labute approximate surface area is 276 Å². The van der Waals surface area contributed by atoms with Gasteiger partial charge in [0.05, 0.1) is 22.5 Å². The van der Waals surface area contributed by atoms with Crippen LogP contribution in [-0.2, 0) is 37.3 Å². The minimum absolute atomic E-state index is 0.0857. The predicted molar refractivity (Wildman–Crippen MR) is 185 cm³/mol. The molecule has 10 nitrogen and oxygen atoms in total. The van der Waals surface area contributed by atoms with Gasteiger partial charge in [0.25, 0.3) is 5.91 Å². The Bertz CT molecular complexity index is 1610. The Morgan fingerprint density at radius 1 is 0.717 bits per heavy atom. The van der Waals surface area contributed by atoms with Crippen molar-refractivity contribution in [3.8, 4) is 0 Å². The van der Waals surface area contributed by atoms with Gasteiger partial charge in [-0.1, -0.05) is 79.4 Å². The number of sulfone groups is 2. The molecule has 46 heavy (non-hydrogen) atoms. The fourth-order valence-corrected chi connectivity index (χ4v) is 8.51. The quantitative estimate of drug-likeness (QED) is 0.136. The second kappa shape index (κ2) is 18.2. The molecule has 0 bridgehead atoms. The molecule has 2 rings (SSSR count). The molecular formula is C34H53N3O7S2. The second-order valence-electron chi connectivity index (χ2n) is 11.8. The molecule has 2 aromatic rings. The van der Waals surface area contributed by atoms with E-state index >= 15 is 0 Å². The number of methoxy groups -OCH3 is 1. The van der Waals surface area contributed by atoms with Crippen LogP contribution < -0.4 is 11.5 Å². The van der Waals surface area contributed by atoms with Crippen molar-refractivity contribution in [2.24, 2.45) is 16.5 Å². The molecule has 0 radical (unpaired) electrons. The van der Waals surface area contributed by atoms with Crippen LogP contribution in [0.15, 0.2) is 39.0 Å². The number of ether oxygens (including phenoxy) is 1. The van der Waals surface area contributed by atoms with E-state index in [0.717, 1.165) is 43.2 Å². The number of nitrogens with zero attached hydrogens (tertiary/aromatic N) is 1. The van der Waals surface area contributed by atoms with Gasteiger partial charge in [0.2, 0.25) is 0 Å². The lowest BCUT2D eigenvalue weighted by Gasteiger charge is -2.20. The van der Waals surface area contributed by atoms with E-state index in [4.69, 9.17) is 16.2 Å². The summed E-state index contributed by atoms with van der Waals surface area (Å²) in [5.74, 6) is -1.22. The van der Waals surface area contributed by atoms with Gasteiger partial charge in [-0.3, -0.25) is 4.79 Å². The molecule has 0 aromatic heterocycles. The molecule has 4 N–H and O–H groups in total. The monoisotopic (exact) mass is 679 g/mol. The van der Waals surface area contributed by atoms with Crippen molar-refractivity contribution in [2.45, 2.75) is 115 Å². The first-order valence-corrected chi connectivity index (χ1v) is 19.6. The molecule has 0 aliphatic heterocycles. The molecule has 2 atom stereocenters. The van der Waals surface area contributed by atoms with Crippen molar-refractivity contribution >= 4 is 37.5 Å². The van der Waals surface area contributed by atoms with E-state index in [1.165, 1.54) is 19.6 Å². The van der Waals surface area contributed by atoms with Gasteiger partial charge in [0.15, 0.2) is 25.6 Å². The average molecular weight is 680 g/mol. The van der Waals surface area contributed by atoms with Gasteiger partial charge in [0, 0.05) is 18.1 Å². The molecule has 0 aliphatic carbocycles. The largest absolute Gasteiger partial charge is 0.465 e. The zero-order valence-corrected chi connectivity index (χ0v) is 30.5. The Hall–Kier alpha value is -3.25. The van der Waals surface area contributed by atoms with Gasteiger partial charge in [-0.25, -0.2) is 21.6 Å². The van der Waals surface area contributed by atoms with Gasteiger partial charge in [0.1, 0.15) is 0 Å². The molecule has 0 fully saturated rings.